The van der Waals surface area contributed by atoms with Crippen molar-refractivity contribution < 1.29 is 9.53 Å². The standard InChI is InChI=1S/C28H25N5O2S/c1-3-33-26(20-14-16-29-17-15-20)31-32-28(33)36-18-23-25(27(34)35-4-2)24(19-10-6-5-7-11-19)21-12-8-9-13-22(21)30-23/h5-17H,3-4,18H2,1-2H3. The third-order valence-electron chi connectivity index (χ3n) is 5.82. The number of benzene rings is 2. The van der Waals surface area contributed by atoms with E-state index < -0.39 is 0 Å². The molecule has 0 aliphatic rings. The fourth-order valence-corrected chi connectivity index (χ4v) is 5.17. The molecule has 180 valence electrons. The van der Waals surface area contributed by atoms with Crippen molar-refractivity contribution in [3.63, 3.8) is 0 Å². The van der Waals surface area contributed by atoms with E-state index in [0.29, 0.717) is 23.6 Å². The topological polar surface area (TPSA) is 82.8 Å². The average molecular weight is 496 g/mol. The maximum Gasteiger partial charge on any atom is 0.340 e. The highest BCUT2D eigenvalue weighted by atomic mass is 32.2. The zero-order valence-corrected chi connectivity index (χ0v) is 20.9. The van der Waals surface area contributed by atoms with E-state index in [0.717, 1.165) is 38.6 Å². The van der Waals surface area contributed by atoms with Crippen LogP contribution in [-0.2, 0) is 17.0 Å². The lowest BCUT2D eigenvalue weighted by molar-refractivity contribution is 0.0526. The first-order valence-corrected chi connectivity index (χ1v) is 12.8. The third kappa shape index (κ3) is 4.59. The van der Waals surface area contributed by atoms with Gasteiger partial charge in [0.25, 0.3) is 0 Å². The van der Waals surface area contributed by atoms with Crippen molar-refractivity contribution in [2.24, 2.45) is 0 Å². The third-order valence-corrected chi connectivity index (χ3v) is 6.80. The molecule has 8 heteroatoms. The van der Waals surface area contributed by atoms with Gasteiger partial charge < -0.3 is 9.30 Å². The number of carbonyl (C=O) groups excluding carboxylic acids is 1. The maximum absolute atomic E-state index is 13.3. The van der Waals surface area contributed by atoms with Crippen LogP contribution in [0, 0.1) is 0 Å². The first kappa shape index (κ1) is 23.7. The van der Waals surface area contributed by atoms with Crippen LogP contribution in [0.3, 0.4) is 0 Å². The molecular weight excluding hydrogens is 470 g/mol. The monoisotopic (exact) mass is 495 g/mol. The molecule has 0 atom stereocenters. The van der Waals surface area contributed by atoms with E-state index in [2.05, 4.69) is 26.7 Å². The van der Waals surface area contributed by atoms with E-state index in [4.69, 9.17) is 9.72 Å². The number of pyridine rings is 2. The van der Waals surface area contributed by atoms with E-state index in [9.17, 15) is 4.79 Å². The highest BCUT2D eigenvalue weighted by Crippen LogP contribution is 2.36. The molecule has 0 unspecified atom stereocenters. The summed E-state index contributed by atoms with van der Waals surface area (Å²) in [5.41, 5.74) is 4.72. The first-order chi connectivity index (χ1) is 17.7. The molecular formula is C28H25N5O2S. The lowest BCUT2D eigenvalue weighted by atomic mass is 9.94. The largest absolute Gasteiger partial charge is 0.462 e. The second-order valence-electron chi connectivity index (χ2n) is 7.99. The second-order valence-corrected chi connectivity index (χ2v) is 8.93. The molecule has 0 bridgehead atoms. The van der Waals surface area contributed by atoms with Crippen LogP contribution in [0.5, 0.6) is 0 Å². The Morgan fingerprint density at radius 3 is 2.42 bits per heavy atom. The Morgan fingerprint density at radius 2 is 1.67 bits per heavy atom. The zero-order chi connectivity index (χ0) is 24.9. The predicted octanol–water partition coefficient (Wildman–Crippen LogP) is 6.04. The van der Waals surface area contributed by atoms with Gasteiger partial charge in [-0.3, -0.25) is 9.97 Å². The Balaban J connectivity index is 1.61. The predicted molar refractivity (Wildman–Crippen MR) is 142 cm³/mol. The zero-order valence-electron chi connectivity index (χ0n) is 20.1. The molecule has 3 aromatic heterocycles. The molecule has 0 saturated carbocycles. The van der Waals surface area contributed by atoms with Crippen LogP contribution < -0.4 is 0 Å². The number of thioether (sulfide) groups is 1. The minimum absolute atomic E-state index is 0.284. The lowest BCUT2D eigenvalue weighted by Crippen LogP contribution is -2.12. The van der Waals surface area contributed by atoms with Crippen molar-refractivity contribution >= 4 is 28.6 Å². The van der Waals surface area contributed by atoms with E-state index in [1.165, 1.54) is 11.8 Å². The number of esters is 1. The first-order valence-electron chi connectivity index (χ1n) is 11.8. The number of rotatable bonds is 8. The van der Waals surface area contributed by atoms with E-state index in [-0.39, 0.29) is 12.6 Å². The van der Waals surface area contributed by atoms with Crippen LogP contribution in [0.15, 0.2) is 84.3 Å². The van der Waals surface area contributed by atoms with E-state index >= 15 is 0 Å². The fourth-order valence-electron chi connectivity index (χ4n) is 4.22. The van der Waals surface area contributed by atoms with Crippen molar-refractivity contribution in [2.45, 2.75) is 31.3 Å². The molecule has 0 N–H and O–H groups in total. The van der Waals surface area contributed by atoms with E-state index in [1.807, 2.05) is 73.7 Å². The molecule has 0 aliphatic heterocycles. The SMILES string of the molecule is CCOC(=O)c1c(CSc2nnc(-c3ccncc3)n2CC)nc2ccccc2c1-c1ccccc1. The van der Waals surface area contributed by atoms with Crippen molar-refractivity contribution in [3.05, 3.63) is 90.4 Å². The van der Waals surface area contributed by atoms with Crippen molar-refractivity contribution in [3.8, 4) is 22.5 Å². The molecule has 0 amide bonds. The van der Waals surface area contributed by atoms with Gasteiger partial charge in [-0.2, -0.15) is 0 Å². The van der Waals surface area contributed by atoms with E-state index in [1.54, 1.807) is 12.4 Å². The van der Waals surface area contributed by atoms with Crippen molar-refractivity contribution in [1.29, 1.82) is 0 Å². The molecule has 5 aromatic rings. The van der Waals surface area contributed by atoms with Crippen LogP contribution in [0.2, 0.25) is 0 Å². The molecule has 0 aliphatic carbocycles. The van der Waals surface area contributed by atoms with Crippen LogP contribution in [0.1, 0.15) is 29.9 Å². The summed E-state index contributed by atoms with van der Waals surface area (Å²) in [4.78, 5) is 22.3. The Kier molecular flexibility index (Phi) is 7.04. The number of ether oxygens (including phenoxy) is 1. The molecule has 0 radical (unpaired) electrons. The number of carbonyl (C=O) groups is 1. The summed E-state index contributed by atoms with van der Waals surface area (Å²) in [6.07, 6.45) is 3.49. The number of hydrogen-bond acceptors (Lipinski definition) is 7. The summed E-state index contributed by atoms with van der Waals surface area (Å²) >= 11 is 1.51. The van der Waals surface area contributed by atoms with Crippen LogP contribution in [0.25, 0.3) is 33.4 Å². The minimum Gasteiger partial charge on any atom is -0.462 e. The van der Waals surface area contributed by atoms with Crippen LogP contribution >= 0.6 is 11.8 Å². The van der Waals surface area contributed by atoms with Crippen LogP contribution in [0.4, 0.5) is 0 Å². The summed E-state index contributed by atoms with van der Waals surface area (Å²) in [5, 5.41) is 10.5. The van der Waals surface area contributed by atoms with Gasteiger partial charge in [0, 0.05) is 41.2 Å². The molecule has 5 rings (SSSR count). The Bertz CT molecular complexity index is 1500. The van der Waals surface area contributed by atoms with Crippen LogP contribution in [-0.4, -0.2) is 37.3 Å². The summed E-state index contributed by atoms with van der Waals surface area (Å²) in [5.74, 6) is 0.844. The summed E-state index contributed by atoms with van der Waals surface area (Å²) < 4.78 is 7.57. The highest BCUT2D eigenvalue weighted by Gasteiger charge is 2.24. The Hall–Kier alpha value is -4.04. The van der Waals surface area contributed by atoms with Crippen molar-refractivity contribution in [1.82, 2.24) is 24.7 Å². The van der Waals surface area contributed by atoms with Gasteiger partial charge >= 0.3 is 5.97 Å². The summed E-state index contributed by atoms with van der Waals surface area (Å²) in [7, 11) is 0. The maximum atomic E-state index is 13.3. The average Bonchev–Trinajstić information content (AvgIpc) is 3.35. The van der Waals surface area contributed by atoms with Gasteiger partial charge in [0.05, 0.1) is 23.4 Å². The molecule has 7 nitrogen and oxygen atoms in total. The molecule has 0 saturated heterocycles. The van der Waals surface area contributed by atoms with Gasteiger partial charge in [-0.1, -0.05) is 60.3 Å². The molecule has 3 heterocycles. The highest BCUT2D eigenvalue weighted by molar-refractivity contribution is 7.98. The number of aromatic nitrogens is 5. The second kappa shape index (κ2) is 10.7. The molecule has 0 fully saturated rings. The lowest BCUT2D eigenvalue weighted by Gasteiger charge is -2.16. The number of hydrogen-bond donors (Lipinski definition) is 0. The number of nitrogens with zero attached hydrogens (tertiary/aromatic N) is 5. The molecule has 36 heavy (non-hydrogen) atoms. The quantitative estimate of drug-likeness (QED) is 0.192. The molecule has 0 spiro atoms. The van der Waals surface area contributed by atoms with Gasteiger partial charge in [-0.15, -0.1) is 10.2 Å². The molecule has 2 aromatic carbocycles. The normalized spacial score (nSPS) is 11.1. The van der Waals surface area contributed by atoms with Gasteiger partial charge in [-0.25, -0.2) is 4.79 Å². The van der Waals surface area contributed by atoms with Gasteiger partial charge in [0.2, 0.25) is 0 Å². The minimum atomic E-state index is -0.375. The van der Waals surface area contributed by atoms with Gasteiger partial charge in [-0.05, 0) is 37.6 Å². The number of fused-ring (bicyclic) bond motifs is 1. The van der Waals surface area contributed by atoms with Gasteiger partial charge in [0.15, 0.2) is 11.0 Å². The summed E-state index contributed by atoms with van der Waals surface area (Å²) in [6, 6.07) is 21.7. The van der Waals surface area contributed by atoms with Crippen molar-refractivity contribution in [2.75, 3.05) is 6.61 Å². The fraction of sp³-hybridized carbons (Fsp3) is 0.179. The Morgan fingerprint density at radius 1 is 0.917 bits per heavy atom. The van der Waals surface area contributed by atoms with Gasteiger partial charge in [0.1, 0.15) is 0 Å². The smallest absolute Gasteiger partial charge is 0.340 e. The Labute approximate surface area is 213 Å². The summed E-state index contributed by atoms with van der Waals surface area (Å²) in [6.45, 7) is 4.86. The number of para-hydroxylation sites is 1.